The van der Waals surface area contributed by atoms with E-state index in [1.165, 1.54) is 12.7 Å². The molecule has 1 aliphatic heterocycles. The van der Waals surface area contributed by atoms with Crippen LogP contribution in [0.15, 0.2) is 12.7 Å². The fourth-order valence-electron chi connectivity index (χ4n) is 2.22. The first kappa shape index (κ1) is 23.4. The molecule has 12 nitrogen and oxygen atoms in total. The molecule has 0 amide bonds. The molecule has 25 heavy (non-hydrogen) atoms. The van der Waals surface area contributed by atoms with Crippen molar-refractivity contribution in [2.24, 2.45) is 0 Å². The van der Waals surface area contributed by atoms with E-state index in [4.69, 9.17) is 24.7 Å². The first-order chi connectivity index (χ1) is 10.8. The third kappa shape index (κ3) is 4.99. The standard InChI is InChI=1S/C10H14N5O7P.2Na.2H/c11-7-4-8(13-1-12-4)14-2-15(7)9-5(16)6(17)10(22-9)21-3-23(18,19)20;;;;/h1-2,5-6,9-11,16-17H,3H2,(H,12,13)(H2,18,19,20);;;;/q;2*+1;2*-1/t5-,6+,9-,10+;;;;/m1..../s1. The summed E-state index contributed by atoms with van der Waals surface area (Å²) in [4.78, 5) is 28.1. The van der Waals surface area contributed by atoms with Crippen molar-refractivity contribution in [3.8, 4) is 0 Å². The molecule has 2 aromatic heterocycles. The first-order valence-corrected chi connectivity index (χ1v) is 8.20. The Hall–Kier alpha value is 0.340. The Balaban J connectivity index is 0. The van der Waals surface area contributed by atoms with Crippen LogP contribution < -0.4 is 64.6 Å². The van der Waals surface area contributed by atoms with Crippen molar-refractivity contribution < 1.29 is 96.0 Å². The summed E-state index contributed by atoms with van der Waals surface area (Å²) in [5, 5.41) is 28.0. The van der Waals surface area contributed by atoms with E-state index in [1.807, 2.05) is 0 Å². The van der Waals surface area contributed by atoms with Gasteiger partial charge < -0.3 is 37.3 Å². The normalized spacial score (nSPS) is 26.2. The number of ether oxygens (including phenoxy) is 2. The zero-order valence-electron chi connectivity index (χ0n) is 15.5. The van der Waals surface area contributed by atoms with E-state index in [0.717, 1.165) is 4.57 Å². The molecular formula is C10H16N5Na2O7P. The third-order valence-electron chi connectivity index (χ3n) is 3.29. The summed E-state index contributed by atoms with van der Waals surface area (Å²) in [5.74, 6) is 0. The quantitative estimate of drug-likeness (QED) is 0.216. The predicted octanol–water partition coefficient (Wildman–Crippen LogP) is -7.80. The molecule has 0 radical (unpaired) electrons. The van der Waals surface area contributed by atoms with Gasteiger partial charge in [0.05, 0.1) is 6.33 Å². The molecular weight excluding hydrogens is 379 g/mol. The number of imidazole rings is 1. The van der Waals surface area contributed by atoms with Crippen molar-refractivity contribution in [2.45, 2.75) is 24.7 Å². The second-order valence-corrected chi connectivity index (χ2v) is 6.53. The molecule has 0 aliphatic carbocycles. The van der Waals surface area contributed by atoms with Crippen molar-refractivity contribution in [3.63, 3.8) is 0 Å². The van der Waals surface area contributed by atoms with Gasteiger partial charge in [-0.1, -0.05) is 0 Å². The van der Waals surface area contributed by atoms with Crippen molar-refractivity contribution >= 4 is 18.8 Å². The van der Waals surface area contributed by atoms with E-state index in [0.29, 0.717) is 11.2 Å². The maximum absolute atomic E-state index is 10.8. The molecule has 0 bridgehead atoms. The summed E-state index contributed by atoms with van der Waals surface area (Å²) in [6, 6.07) is 0. The van der Waals surface area contributed by atoms with Gasteiger partial charge in [-0.15, -0.1) is 0 Å². The molecule has 0 aromatic carbocycles. The molecule has 2 aromatic rings. The van der Waals surface area contributed by atoms with E-state index < -0.39 is 38.7 Å². The number of fused-ring (bicyclic) bond motifs is 1. The van der Waals surface area contributed by atoms with Crippen LogP contribution in [0.4, 0.5) is 0 Å². The number of aliphatic hydroxyl groups excluding tert-OH is 2. The number of rotatable bonds is 4. The number of aromatic amines is 1. The summed E-state index contributed by atoms with van der Waals surface area (Å²) in [6.07, 6.45) is -4.09. The largest absolute Gasteiger partial charge is 1.00 e. The SMILES string of the molecule is N=c1c2[nH]cnc2ncn1[C@@H]1O[C@H](OCP(=O)(O)O)[C@@H](O)[C@H]1O.[H-].[H-].[Na+].[Na+]. The van der Waals surface area contributed by atoms with Gasteiger partial charge in [0, 0.05) is 0 Å². The average Bonchev–Trinajstić information content (AvgIpc) is 3.05. The molecule has 0 saturated carbocycles. The van der Waals surface area contributed by atoms with Crippen LogP contribution in [0.5, 0.6) is 0 Å². The molecule has 130 valence electrons. The molecule has 3 heterocycles. The van der Waals surface area contributed by atoms with E-state index in [2.05, 4.69) is 15.0 Å². The second-order valence-electron chi connectivity index (χ2n) is 4.94. The van der Waals surface area contributed by atoms with Crippen molar-refractivity contribution in [1.29, 1.82) is 5.41 Å². The first-order valence-electron chi connectivity index (χ1n) is 6.40. The van der Waals surface area contributed by atoms with Gasteiger partial charge >= 0.3 is 66.7 Å². The zero-order valence-corrected chi connectivity index (χ0v) is 18.4. The van der Waals surface area contributed by atoms with Crippen LogP contribution in [0.25, 0.3) is 11.2 Å². The van der Waals surface area contributed by atoms with Gasteiger partial charge in [-0.2, -0.15) is 0 Å². The Labute approximate surface area is 187 Å². The summed E-state index contributed by atoms with van der Waals surface area (Å²) in [5.41, 5.74) is 0.505. The van der Waals surface area contributed by atoms with Gasteiger partial charge in [-0.3, -0.25) is 14.5 Å². The van der Waals surface area contributed by atoms with E-state index in [9.17, 15) is 14.8 Å². The molecule has 4 atom stereocenters. The summed E-state index contributed by atoms with van der Waals surface area (Å²) < 4.78 is 22.0. The van der Waals surface area contributed by atoms with Crippen LogP contribution in [-0.4, -0.2) is 64.4 Å². The number of hydrogen-bond donors (Lipinski definition) is 6. The van der Waals surface area contributed by atoms with Crippen LogP contribution in [0, 0.1) is 5.41 Å². The minimum absolute atomic E-state index is 0. The number of nitrogens with zero attached hydrogens (tertiary/aromatic N) is 3. The molecule has 0 spiro atoms. The maximum Gasteiger partial charge on any atom is 1.00 e. The minimum Gasteiger partial charge on any atom is -1.00 e. The van der Waals surface area contributed by atoms with E-state index in [-0.39, 0.29) is 67.5 Å². The Morgan fingerprint density at radius 3 is 2.68 bits per heavy atom. The van der Waals surface area contributed by atoms with Crippen LogP contribution in [0.2, 0.25) is 0 Å². The average molecular weight is 395 g/mol. The van der Waals surface area contributed by atoms with Crippen molar-refractivity contribution in [3.05, 3.63) is 18.1 Å². The van der Waals surface area contributed by atoms with Crippen LogP contribution in [-0.2, 0) is 14.0 Å². The minimum atomic E-state index is -4.45. The van der Waals surface area contributed by atoms with Crippen molar-refractivity contribution in [1.82, 2.24) is 19.5 Å². The Kier molecular flexibility index (Phi) is 8.44. The zero-order chi connectivity index (χ0) is 16.8. The fraction of sp³-hybridized carbons (Fsp3) is 0.500. The Morgan fingerprint density at radius 2 is 2.04 bits per heavy atom. The van der Waals surface area contributed by atoms with Gasteiger partial charge in [0.1, 0.15) is 24.1 Å². The smallest absolute Gasteiger partial charge is 1.00 e. The van der Waals surface area contributed by atoms with E-state index >= 15 is 0 Å². The number of H-pyrrole nitrogens is 1. The van der Waals surface area contributed by atoms with Crippen LogP contribution in [0.3, 0.4) is 0 Å². The summed E-state index contributed by atoms with van der Waals surface area (Å²) >= 11 is 0. The Morgan fingerprint density at radius 1 is 1.36 bits per heavy atom. The second kappa shape index (κ2) is 9.02. The third-order valence-corrected chi connectivity index (χ3v) is 3.78. The topological polar surface area (TPSA) is 187 Å². The van der Waals surface area contributed by atoms with Gasteiger partial charge in [-0.05, 0) is 0 Å². The molecule has 15 heteroatoms. The monoisotopic (exact) mass is 395 g/mol. The maximum atomic E-state index is 10.8. The molecule has 6 N–H and O–H groups in total. The Bertz CT molecular complexity index is 836. The summed E-state index contributed by atoms with van der Waals surface area (Å²) in [6.45, 7) is 0. The predicted molar refractivity (Wildman–Crippen MR) is 73.9 cm³/mol. The number of nitrogens with one attached hydrogen (secondary N) is 2. The van der Waals surface area contributed by atoms with E-state index in [1.54, 1.807) is 0 Å². The fourth-order valence-corrected chi connectivity index (χ4v) is 2.56. The van der Waals surface area contributed by atoms with Gasteiger partial charge in [-0.25, -0.2) is 9.97 Å². The molecule has 0 unspecified atom stereocenters. The molecule has 1 fully saturated rings. The number of hydrogen-bond acceptors (Lipinski definition) is 8. The number of aliphatic hydroxyl groups is 2. The van der Waals surface area contributed by atoms with Gasteiger partial charge in [0.25, 0.3) is 0 Å². The van der Waals surface area contributed by atoms with Gasteiger partial charge in [0.15, 0.2) is 30.0 Å². The van der Waals surface area contributed by atoms with Crippen LogP contribution in [0.1, 0.15) is 9.08 Å². The number of aromatic nitrogens is 4. The van der Waals surface area contributed by atoms with Crippen LogP contribution >= 0.6 is 7.60 Å². The molecule has 3 rings (SSSR count). The molecule has 1 aliphatic rings. The summed E-state index contributed by atoms with van der Waals surface area (Å²) in [7, 11) is -4.45. The van der Waals surface area contributed by atoms with Crippen molar-refractivity contribution in [2.75, 3.05) is 6.35 Å². The molecule has 1 saturated heterocycles. The van der Waals surface area contributed by atoms with Gasteiger partial charge in [0.2, 0.25) is 0 Å².